The highest BCUT2D eigenvalue weighted by molar-refractivity contribution is 14.1. The summed E-state index contributed by atoms with van der Waals surface area (Å²) < 4.78 is 0.813. The lowest BCUT2D eigenvalue weighted by Crippen LogP contribution is -2.43. The van der Waals surface area contributed by atoms with E-state index in [9.17, 15) is 0 Å². The molecule has 0 aromatic heterocycles. The molecule has 66 valence electrons. The van der Waals surface area contributed by atoms with E-state index in [1.54, 1.807) is 0 Å². The van der Waals surface area contributed by atoms with Crippen LogP contribution in [0.5, 0.6) is 0 Å². The minimum Gasteiger partial charge on any atom is -0.300 e. The molecular weight excluding hydrogens is 249 g/mol. The zero-order valence-electron chi connectivity index (χ0n) is 7.52. The maximum absolute atomic E-state index is 2.63. The van der Waals surface area contributed by atoms with E-state index >= 15 is 0 Å². The first kappa shape index (κ1) is 9.78. The lowest BCUT2D eigenvalue weighted by molar-refractivity contribution is 0.159. The van der Waals surface area contributed by atoms with Crippen LogP contribution >= 0.6 is 22.6 Å². The number of alkyl halides is 1. The molecule has 2 unspecified atom stereocenters. The maximum Gasteiger partial charge on any atom is 0.0237 e. The Hall–Kier alpha value is 0.690. The van der Waals surface area contributed by atoms with E-state index in [-0.39, 0.29) is 0 Å². The zero-order chi connectivity index (χ0) is 8.27. The van der Waals surface area contributed by atoms with Gasteiger partial charge in [-0.05, 0) is 25.9 Å². The normalized spacial score (nSPS) is 30.3. The molecule has 0 aromatic rings. The number of likely N-dealkylation sites (tertiary alicyclic amines) is 1. The second-order valence-electron chi connectivity index (χ2n) is 3.37. The fourth-order valence-electron chi connectivity index (χ4n) is 1.93. The standard InChI is InChI=1S/C9H18IN/c1-3-11-7-5-4-6-9(11)8(2)10/h8-9H,3-7H2,1-2H3. The van der Waals surface area contributed by atoms with Crippen molar-refractivity contribution in [3.05, 3.63) is 0 Å². The van der Waals surface area contributed by atoms with Crippen LogP contribution in [-0.2, 0) is 0 Å². The average Bonchev–Trinajstić information content (AvgIpc) is 2.04. The van der Waals surface area contributed by atoms with E-state index < -0.39 is 0 Å². The third-order valence-corrected chi connectivity index (χ3v) is 3.43. The van der Waals surface area contributed by atoms with E-state index in [0.717, 1.165) is 9.97 Å². The van der Waals surface area contributed by atoms with Gasteiger partial charge in [0.1, 0.15) is 0 Å². The highest BCUT2D eigenvalue weighted by Crippen LogP contribution is 2.23. The summed E-state index contributed by atoms with van der Waals surface area (Å²) in [5.74, 6) is 0. The quantitative estimate of drug-likeness (QED) is 0.549. The van der Waals surface area contributed by atoms with E-state index in [1.807, 2.05) is 0 Å². The zero-order valence-corrected chi connectivity index (χ0v) is 9.67. The SMILES string of the molecule is CCN1CCCCC1C(C)I. The molecule has 1 saturated heterocycles. The first-order chi connectivity index (χ1) is 5.25. The smallest absolute Gasteiger partial charge is 0.0237 e. The molecule has 0 amide bonds. The number of hydrogen-bond donors (Lipinski definition) is 0. The third kappa shape index (κ3) is 2.58. The molecule has 0 aliphatic carbocycles. The summed E-state index contributed by atoms with van der Waals surface area (Å²) in [6.07, 6.45) is 4.26. The van der Waals surface area contributed by atoms with Gasteiger partial charge >= 0.3 is 0 Å². The molecule has 11 heavy (non-hydrogen) atoms. The monoisotopic (exact) mass is 267 g/mol. The van der Waals surface area contributed by atoms with Gasteiger partial charge in [-0.3, -0.25) is 4.90 Å². The van der Waals surface area contributed by atoms with E-state index in [2.05, 4.69) is 41.3 Å². The summed E-state index contributed by atoms with van der Waals surface area (Å²) in [4.78, 5) is 2.63. The molecule has 1 fully saturated rings. The molecule has 0 spiro atoms. The highest BCUT2D eigenvalue weighted by atomic mass is 127. The van der Waals surface area contributed by atoms with Crippen LogP contribution in [0.3, 0.4) is 0 Å². The second kappa shape index (κ2) is 4.65. The minimum absolute atomic E-state index is 0.813. The van der Waals surface area contributed by atoms with Crippen LogP contribution in [0.1, 0.15) is 33.1 Å². The fraction of sp³-hybridized carbons (Fsp3) is 1.00. The van der Waals surface area contributed by atoms with Gasteiger partial charge in [0.25, 0.3) is 0 Å². The average molecular weight is 267 g/mol. The minimum atomic E-state index is 0.813. The van der Waals surface area contributed by atoms with Crippen molar-refractivity contribution in [3.63, 3.8) is 0 Å². The molecule has 0 saturated carbocycles. The molecular formula is C9H18IN. The van der Waals surface area contributed by atoms with Crippen molar-refractivity contribution in [3.8, 4) is 0 Å². The molecule has 1 nitrogen and oxygen atoms in total. The van der Waals surface area contributed by atoms with E-state index in [4.69, 9.17) is 0 Å². The molecule has 2 heteroatoms. The molecule has 0 aromatic carbocycles. The second-order valence-corrected chi connectivity index (χ2v) is 5.33. The Morgan fingerprint density at radius 1 is 1.55 bits per heavy atom. The van der Waals surface area contributed by atoms with Crippen LogP contribution in [0.4, 0.5) is 0 Å². The van der Waals surface area contributed by atoms with Gasteiger partial charge < -0.3 is 0 Å². The summed E-state index contributed by atoms with van der Waals surface area (Å²) in [6.45, 7) is 7.17. The van der Waals surface area contributed by atoms with Gasteiger partial charge in [-0.1, -0.05) is 42.9 Å². The van der Waals surface area contributed by atoms with Crippen molar-refractivity contribution in [2.75, 3.05) is 13.1 Å². The van der Waals surface area contributed by atoms with Crippen LogP contribution in [0, 0.1) is 0 Å². The number of halogens is 1. The Kier molecular flexibility index (Phi) is 4.13. The number of hydrogen-bond acceptors (Lipinski definition) is 1. The largest absolute Gasteiger partial charge is 0.300 e. The van der Waals surface area contributed by atoms with E-state index in [1.165, 1.54) is 32.4 Å². The van der Waals surface area contributed by atoms with E-state index in [0.29, 0.717) is 0 Å². The van der Waals surface area contributed by atoms with Gasteiger partial charge in [-0.15, -0.1) is 0 Å². The molecule has 1 rings (SSSR count). The fourth-order valence-corrected chi connectivity index (χ4v) is 2.74. The molecule has 1 aliphatic heterocycles. The molecule has 0 bridgehead atoms. The summed E-state index contributed by atoms with van der Waals surface area (Å²) in [5, 5.41) is 0. The van der Waals surface area contributed by atoms with Crippen molar-refractivity contribution in [2.45, 2.75) is 43.1 Å². The van der Waals surface area contributed by atoms with Gasteiger partial charge in [0.15, 0.2) is 0 Å². The lowest BCUT2D eigenvalue weighted by atomic mass is 10.0. The molecule has 2 atom stereocenters. The van der Waals surface area contributed by atoms with Crippen LogP contribution < -0.4 is 0 Å². The van der Waals surface area contributed by atoms with Crippen molar-refractivity contribution in [1.82, 2.24) is 4.90 Å². The van der Waals surface area contributed by atoms with Crippen molar-refractivity contribution < 1.29 is 0 Å². The Morgan fingerprint density at radius 2 is 2.27 bits per heavy atom. The lowest BCUT2D eigenvalue weighted by Gasteiger charge is -2.36. The van der Waals surface area contributed by atoms with Gasteiger partial charge in [0.2, 0.25) is 0 Å². The number of piperidine rings is 1. The number of nitrogens with zero attached hydrogens (tertiary/aromatic N) is 1. The third-order valence-electron chi connectivity index (χ3n) is 2.60. The molecule has 1 heterocycles. The predicted molar refractivity (Wildman–Crippen MR) is 58.4 cm³/mol. The van der Waals surface area contributed by atoms with Crippen LogP contribution in [0.15, 0.2) is 0 Å². The highest BCUT2D eigenvalue weighted by Gasteiger charge is 2.23. The Labute approximate surface area is 83.7 Å². The van der Waals surface area contributed by atoms with Gasteiger partial charge in [-0.25, -0.2) is 0 Å². The Balaban J connectivity index is 2.44. The van der Waals surface area contributed by atoms with Crippen LogP contribution in [-0.4, -0.2) is 28.0 Å². The topological polar surface area (TPSA) is 3.24 Å². The van der Waals surface area contributed by atoms with Gasteiger partial charge in [0, 0.05) is 9.97 Å². The van der Waals surface area contributed by atoms with Gasteiger partial charge in [-0.2, -0.15) is 0 Å². The molecule has 0 N–H and O–H groups in total. The summed E-state index contributed by atoms with van der Waals surface area (Å²) in [7, 11) is 0. The first-order valence-corrected chi connectivity index (χ1v) is 5.88. The Bertz CT molecular complexity index is 114. The molecule has 0 radical (unpaired) electrons. The number of rotatable bonds is 2. The maximum atomic E-state index is 2.63. The summed E-state index contributed by atoms with van der Waals surface area (Å²) in [6, 6.07) is 0.856. The summed E-state index contributed by atoms with van der Waals surface area (Å²) in [5.41, 5.74) is 0. The first-order valence-electron chi connectivity index (χ1n) is 4.63. The summed E-state index contributed by atoms with van der Waals surface area (Å²) >= 11 is 2.56. The predicted octanol–water partition coefficient (Wildman–Crippen LogP) is 2.68. The Morgan fingerprint density at radius 3 is 2.73 bits per heavy atom. The van der Waals surface area contributed by atoms with Crippen LogP contribution in [0.25, 0.3) is 0 Å². The van der Waals surface area contributed by atoms with Crippen molar-refractivity contribution >= 4 is 22.6 Å². The van der Waals surface area contributed by atoms with Gasteiger partial charge in [0.05, 0.1) is 0 Å². The molecule has 1 aliphatic rings. The van der Waals surface area contributed by atoms with Crippen molar-refractivity contribution in [2.24, 2.45) is 0 Å². The van der Waals surface area contributed by atoms with Crippen LogP contribution in [0.2, 0.25) is 0 Å². The van der Waals surface area contributed by atoms with Crippen molar-refractivity contribution in [1.29, 1.82) is 0 Å².